The fraction of sp³-hybridized carbons (Fsp3) is 0.417. The topological polar surface area (TPSA) is 103 Å². The second-order valence-electron chi connectivity index (χ2n) is 4.75. The summed E-state index contributed by atoms with van der Waals surface area (Å²) in [5.41, 5.74) is 8.94. The number of hydrogen-bond donors (Lipinski definition) is 0. The molecule has 2 rings (SSSR count). The number of nitrogens with zero attached hydrogens (tertiary/aromatic N) is 4. The average molecular weight is 294 g/mol. The molecule has 0 radical (unpaired) electrons. The highest BCUT2D eigenvalue weighted by Gasteiger charge is 2.30. The number of rotatable bonds is 4. The Hall–Kier alpha value is -2.05. The summed E-state index contributed by atoms with van der Waals surface area (Å²) in [6.45, 7) is 0.774. The molecule has 1 amide bonds. The van der Waals surface area contributed by atoms with E-state index in [0.717, 1.165) is 6.26 Å². The molecule has 106 valence electrons. The van der Waals surface area contributed by atoms with Gasteiger partial charge in [0.25, 0.3) is 0 Å². The average Bonchev–Trinajstić information content (AvgIpc) is 2.77. The zero-order chi connectivity index (χ0) is 14.8. The molecule has 0 saturated carbocycles. The number of benzene rings is 1. The molecule has 0 N–H and O–H groups in total. The first kappa shape index (κ1) is 14.4. The van der Waals surface area contributed by atoms with E-state index in [9.17, 15) is 13.2 Å². The summed E-state index contributed by atoms with van der Waals surface area (Å²) in [6, 6.07) is 6.20. The van der Waals surface area contributed by atoms with Crippen molar-refractivity contribution in [2.24, 2.45) is 11.0 Å². The minimum absolute atomic E-state index is 0.00739. The maximum absolute atomic E-state index is 11.9. The lowest BCUT2D eigenvalue weighted by atomic mass is 10.1. The molecule has 0 bridgehead atoms. The Balaban J connectivity index is 2.16. The van der Waals surface area contributed by atoms with Crippen LogP contribution in [0.15, 0.2) is 34.3 Å². The van der Waals surface area contributed by atoms with E-state index in [4.69, 9.17) is 5.53 Å². The zero-order valence-corrected chi connectivity index (χ0v) is 11.7. The summed E-state index contributed by atoms with van der Waals surface area (Å²) in [7, 11) is -3.24. The first-order valence-electron chi connectivity index (χ1n) is 6.03. The van der Waals surface area contributed by atoms with Crippen molar-refractivity contribution >= 4 is 21.4 Å². The van der Waals surface area contributed by atoms with Crippen molar-refractivity contribution in [2.75, 3.05) is 24.2 Å². The molecule has 1 aliphatic heterocycles. The number of hydrogen-bond acceptors (Lipinski definition) is 4. The minimum Gasteiger partial charge on any atom is -0.312 e. The monoisotopic (exact) mass is 294 g/mol. The third-order valence-electron chi connectivity index (χ3n) is 3.18. The molecule has 0 aliphatic carbocycles. The van der Waals surface area contributed by atoms with Crippen LogP contribution in [0.25, 0.3) is 10.4 Å². The lowest BCUT2D eigenvalue weighted by Crippen LogP contribution is -2.24. The second kappa shape index (κ2) is 5.52. The van der Waals surface area contributed by atoms with Crippen molar-refractivity contribution in [3.05, 3.63) is 34.7 Å². The van der Waals surface area contributed by atoms with E-state index < -0.39 is 9.84 Å². The molecule has 0 aromatic heterocycles. The molecule has 1 aliphatic rings. The molecule has 7 nitrogen and oxygen atoms in total. The highest BCUT2D eigenvalue weighted by atomic mass is 32.2. The van der Waals surface area contributed by atoms with Gasteiger partial charge in [0.15, 0.2) is 9.84 Å². The van der Waals surface area contributed by atoms with Crippen LogP contribution in [0.3, 0.4) is 0 Å². The molecule has 0 spiro atoms. The maximum atomic E-state index is 11.9. The van der Waals surface area contributed by atoms with Crippen molar-refractivity contribution < 1.29 is 13.2 Å². The quantitative estimate of drug-likeness (QED) is 0.480. The minimum atomic E-state index is -3.24. The van der Waals surface area contributed by atoms with Crippen LogP contribution in [0.1, 0.15) is 6.42 Å². The van der Waals surface area contributed by atoms with Gasteiger partial charge in [-0.2, -0.15) is 0 Å². The lowest BCUT2D eigenvalue weighted by molar-refractivity contribution is -0.117. The molecular weight excluding hydrogens is 280 g/mol. The molecular formula is C12H14N4O3S. The second-order valence-corrected chi connectivity index (χ2v) is 6.77. The van der Waals surface area contributed by atoms with Gasteiger partial charge in [0.2, 0.25) is 5.91 Å². The molecule has 1 heterocycles. The predicted molar refractivity (Wildman–Crippen MR) is 74.0 cm³/mol. The fourth-order valence-corrected chi connectivity index (χ4v) is 2.81. The van der Waals surface area contributed by atoms with Crippen LogP contribution in [0.2, 0.25) is 0 Å². The molecule has 1 atom stereocenters. The van der Waals surface area contributed by atoms with Crippen molar-refractivity contribution in [3.63, 3.8) is 0 Å². The van der Waals surface area contributed by atoms with E-state index in [-0.39, 0.29) is 16.7 Å². The Labute approximate surface area is 116 Å². The summed E-state index contributed by atoms with van der Waals surface area (Å²) in [6.07, 6.45) is 1.48. The number of anilines is 1. The zero-order valence-electron chi connectivity index (χ0n) is 10.9. The molecule has 1 fully saturated rings. The summed E-state index contributed by atoms with van der Waals surface area (Å²) < 4.78 is 22.7. The first-order chi connectivity index (χ1) is 9.41. The molecule has 1 aromatic rings. The number of sulfone groups is 1. The molecule has 1 aromatic carbocycles. The van der Waals surface area contributed by atoms with Gasteiger partial charge in [-0.3, -0.25) is 4.79 Å². The number of amides is 1. The van der Waals surface area contributed by atoms with Crippen LogP contribution in [-0.4, -0.2) is 33.7 Å². The van der Waals surface area contributed by atoms with Gasteiger partial charge in [-0.15, -0.1) is 0 Å². The lowest BCUT2D eigenvalue weighted by Gasteiger charge is -2.16. The van der Waals surface area contributed by atoms with Crippen LogP contribution < -0.4 is 4.90 Å². The molecule has 8 heteroatoms. The van der Waals surface area contributed by atoms with Crippen molar-refractivity contribution in [2.45, 2.75) is 11.3 Å². The first-order valence-corrected chi connectivity index (χ1v) is 7.92. The van der Waals surface area contributed by atoms with Crippen LogP contribution in [0.5, 0.6) is 0 Å². The Morgan fingerprint density at radius 2 is 2.05 bits per heavy atom. The van der Waals surface area contributed by atoms with Crippen molar-refractivity contribution in [3.8, 4) is 0 Å². The SMILES string of the molecule is CS(=O)(=O)c1ccc(N2CC(CN=[N+]=[N-])CC2=O)cc1. The number of azide groups is 1. The van der Waals surface area contributed by atoms with Crippen molar-refractivity contribution in [1.82, 2.24) is 0 Å². The van der Waals surface area contributed by atoms with E-state index in [0.29, 0.717) is 25.2 Å². The van der Waals surface area contributed by atoms with Crippen LogP contribution >= 0.6 is 0 Å². The Morgan fingerprint density at radius 3 is 2.60 bits per heavy atom. The predicted octanol–water partition coefficient (Wildman–Crippen LogP) is 1.75. The van der Waals surface area contributed by atoms with E-state index in [1.807, 2.05) is 0 Å². The molecule has 20 heavy (non-hydrogen) atoms. The van der Waals surface area contributed by atoms with Gasteiger partial charge in [-0.05, 0) is 35.7 Å². The van der Waals surface area contributed by atoms with Crippen LogP contribution in [0, 0.1) is 5.92 Å². The highest BCUT2D eigenvalue weighted by Crippen LogP contribution is 2.26. The maximum Gasteiger partial charge on any atom is 0.227 e. The van der Waals surface area contributed by atoms with Crippen LogP contribution in [0.4, 0.5) is 5.69 Å². The van der Waals surface area contributed by atoms with E-state index in [1.165, 1.54) is 12.1 Å². The molecule has 1 saturated heterocycles. The normalized spacial score (nSPS) is 18.9. The number of carbonyl (C=O) groups is 1. The Bertz CT molecular complexity index is 662. The highest BCUT2D eigenvalue weighted by molar-refractivity contribution is 7.90. The Morgan fingerprint density at radius 1 is 1.40 bits per heavy atom. The molecule has 1 unspecified atom stereocenters. The van der Waals surface area contributed by atoms with Gasteiger partial charge in [-0.1, -0.05) is 5.11 Å². The largest absolute Gasteiger partial charge is 0.312 e. The third-order valence-corrected chi connectivity index (χ3v) is 4.31. The van der Waals surface area contributed by atoms with E-state index >= 15 is 0 Å². The summed E-state index contributed by atoms with van der Waals surface area (Å²) in [5, 5.41) is 3.49. The summed E-state index contributed by atoms with van der Waals surface area (Å²) >= 11 is 0. The van der Waals surface area contributed by atoms with Gasteiger partial charge in [0, 0.05) is 36.4 Å². The van der Waals surface area contributed by atoms with Crippen molar-refractivity contribution in [1.29, 1.82) is 0 Å². The van der Waals surface area contributed by atoms with Gasteiger partial charge in [0.05, 0.1) is 4.90 Å². The van der Waals surface area contributed by atoms with E-state index in [2.05, 4.69) is 10.0 Å². The summed E-state index contributed by atoms with van der Waals surface area (Å²) in [4.78, 5) is 16.4. The van der Waals surface area contributed by atoms with Gasteiger partial charge in [-0.25, -0.2) is 8.42 Å². The van der Waals surface area contributed by atoms with Crippen LogP contribution in [-0.2, 0) is 14.6 Å². The van der Waals surface area contributed by atoms with Gasteiger partial charge in [0.1, 0.15) is 0 Å². The number of carbonyl (C=O) groups excluding carboxylic acids is 1. The Kier molecular flexibility index (Phi) is 3.96. The smallest absolute Gasteiger partial charge is 0.227 e. The standard InChI is InChI=1S/C12H14N4O3S/c1-20(18,19)11-4-2-10(3-5-11)16-8-9(6-12(16)17)7-14-15-13/h2-5,9H,6-8H2,1H3. The third kappa shape index (κ3) is 3.09. The fourth-order valence-electron chi connectivity index (χ4n) is 2.18. The van der Waals surface area contributed by atoms with Gasteiger partial charge >= 0.3 is 0 Å². The van der Waals surface area contributed by atoms with E-state index in [1.54, 1.807) is 17.0 Å². The summed E-state index contributed by atoms with van der Waals surface area (Å²) in [5.74, 6) is -0.0387. The van der Waals surface area contributed by atoms with Gasteiger partial charge < -0.3 is 4.90 Å².